The minimum Gasteiger partial charge on any atom is -0.382 e. The van der Waals surface area contributed by atoms with E-state index in [-0.39, 0.29) is 22.9 Å². The Morgan fingerprint density at radius 3 is 2.54 bits per heavy atom. The predicted octanol–water partition coefficient (Wildman–Crippen LogP) is 4.81. The van der Waals surface area contributed by atoms with E-state index in [9.17, 15) is 8.78 Å². The Kier molecular flexibility index (Phi) is 5.03. The zero-order chi connectivity index (χ0) is 20.0. The molecule has 0 aliphatic carbocycles. The number of aryl methyl sites for hydroxylation is 1. The lowest BCUT2D eigenvalue weighted by Gasteiger charge is -2.16. The summed E-state index contributed by atoms with van der Waals surface area (Å²) in [5.41, 5.74) is 0.832. The molecule has 2 heterocycles. The molecule has 0 radical (unpaired) electrons. The predicted molar refractivity (Wildman–Crippen MR) is 105 cm³/mol. The Bertz CT molecular complexity index is 1100. The van der Waals surface area contributed by atoms with Crippen LogP contribution in [0.4, 0.5) is 8.78 Å². The minimum atomic E-state index is -0.730. The zero-order valence-corrected chi connectivity index (χ0v) is 17.2. The number of hydrogen-bond donors (Lipinski definition) is 0. The summed E-state index contributed by atoms with van der Waals surface area (Å²) in [5.74, 6) is -0.357. The van der Waals surface area contributed by atoms with E-state index in [1.807, 2.05) is 0 Å². The fourth-order valence-electron chi connectivity index (χ4n) is 3.31. The number of hydrogen-bond acceptors (Lipinski definition) is 4. The normalized spacial score (nSPS) is 15.6. The lowest BCUT2D eigenvalue weighted by atomic mass is 9.99. The average Bonchev–Trinajstić information content (AvgIpc) is 2.97. The summed E-state index contributed by atoms with van der Waals surface area (Å²) in [4.78, 5) is 4.64. The third-order valence-corrected chi connectivity index (χ3v) is 5.79. The van der Waals surface area contributed by atoms with Crippen LogP contribution in [0.2, 0.25) is 5.02 Å². The lowest BCUT2D eigenvalue weighted by molar-refractivity contribution is 0.178. The molecule has 144 valence electrons. The number of methoxy groups -OCH3 is 1. The molecule has 1 aromatic heterocycles. The van der Waals surface area contributed by atoms with Gasteiger partial charge in [0.05, 0.1) is 28.6 Å². The van der Waals surface area contributed by atoms with Crippen LogP contribution < -0.4 is 0 Å². The molecule has 3 aromatic rings. The second-order valence-corrected chi connectivity index (χ2v) is 7.47. The third-order valence-electron chi connectivity index (χ3n) is 4.51. The molecule has 28 heavy (non-hydrogen) atoms. The van der Waals surface area contributed by atoms with Gasteiger partial charge in [-0.25, -0.2) is 8.78 Å². The van der Waals surface area contributed by atoms with Gasteiger partial charge in [-0.2, -0.15) is 0 Å². The monoisotopic (exact) mass is 466 g/mol. The van der Waals surface area contributed by atoms with Gasteiger partial charge < -0.3 is 4.74 Å². The maximum atomic E-state index is 14.7. The first-order valence-corrected chi connectivity index (χ1v) is 9.53. The summed E-state index contributed by atoms with van der Waals surface area (Å²) in [6.45, 7) is 1.94. The van der Waals surface area contributed by atoms with Gasteiger partial charge in [-0.3, -0.25) is 9.56 Å². The summed E-state index contributed by atoms with van der Waals surface area (Å²) in [6.07, 6.45) is 0. The molecule has 0 saturated carbocycles. The Morgan fingerprint density at radius 1 is 1.14 bits per heavy atom. The van der Waals surface area contributed by atoms with Crippen molar-refractivity contribution in [2.75, 3.05) is 13.7 Å². The van der Waals surface area contributed by atoms with Crippen LogP contribution in [-0.2, 0) is 4.74 Å². The molecule has 0 saturated heterocycles. The average molecular weight is 468 g/mol. The molecule has 0 bridgehead atoms. The summed E-state index contributed by atoms with van der Waals surface area (Å²) in [7, 11) is 1.52. The lowest BCUT2D eigenvalue weighted by Crippen LogP contribution is -2.13. The fourth-order valence-corrected chi connectivity index (χ4v) is 3.89. The van der Waals surface area contributed by atoms with Crippen LogP contribution in [0.15, 0.2) is 39.8 Å². The molecule has 1 unspecified atom stereocenters. The van der Waals surface area contributed by atoms with Gasteiger partial charge in [0.1, 0.15) is 23.5 Å². The van der Waals surface area contributed by atoms with E-state index in [1.165, 1.54) is 25.3 Å². The van der Waals surface area contributed by atoms with E-state index in [0.717, 1.165) is 0 Å². The van der Waals surface area contributed by atoms with Crippen LogP contribution in [0.25, 0.3) is 5.69 Å². The molecule has 1 atom stereocenters. The van der Waals surface area contributed by atoms with Crippen LogP contribution in [0.1, 0.15) is 28.8 Å². The largest absolute Gasteiger partial charge is 0.382 e. The molecule has 1 aliphatic rings. The summed E-state index contributed by atoms with van der Waals surface area (Å²) in [5, 5.41) is 8.65. The molecule has 1 aliphatic heterocycles. The van der Waals surface area contributed by atoms with Crippen LogP contribution >= 0.6 is 27.5 Å². The summed E-state index contributed by atoms with van der Waals surface area (Å²) in [6, 6.07) is 6.61. The summed E-state index contributed by atoms with van der Waals surface area (Å²) < 4.78 is 37.0. The number of ether oxygens (including phenoxy) is 1. The second-order valence-electron chi connectivity index (χ2n) is 6.24. The van der Waals surface area contributed by atoms with Crippen LogP contribution in [0.3, 0.4) is 0 Å². The van der Waals surface area contributed by atoms with Crippen molar-refractivity contribution >= 4 is 33.2 Å². The second kappa shape index (κ2) is 7.35. The topological polar surface area (TPSA) is 52.3 Å². The number of halogens is 4. The molecule has 0 fully saturated rings. The van der Waals surface area contributed by atoms with Gasteiger partial charge in [0.15, 0.2) is 5.82 Å². The molecule has 5 nitrogen and oxygen atoms in total. The van der Waals surface area contributed by atoms with Crippen LogP contribution in [0, 0.1) is 18.6 Å². The highest BCUT2D eigenvalue weighted by Crippen LogP contribution is 2.38. The number of aromatic nitrogens is 3. The van der Waals surface area contributed by atoms with Crippen molar-refractivity contribution < 1.29 is 13.5 Å². The Hall–Kier alpha value is -2.16. The van der Waals surface area contributed by atoms with E-state index < -0.39 is 17.7 Å². The maximum Gasteiger partial charge on any atom is 0.164 e. The van der Waals surface area contributed by atoms with E-state index in [2.05, 4.69) is 31.1 Å². The van der Waals surface area contributed by atoms with Crippen molar-refractivity contribution in [2.24, 2.45) is 4.99 Å². The first kappa shape index (κ1) is 19.2. The van der Waals surface area contributed by atoms with E-state index in [4.69, 9.17) is 16.3 Å². The van der Waals surface area contributed by atoms with Crippen molar-refractivity contribution in [3.8, 4) is 5.69 Å². The minimum absolute atomic E-state index is 0.101. The van der Waals surface area contributed by atoms with Gasteiger partial charge >= 0.3 is 0 Å². The molecule has 0 amide bonds. The maximum absolute atomic E-state index is 14.7. The standard InChI is InChI=1S/C19H14BrClF2N4O/c1-9-25-26-19-13(8-28-2)24-18(15-11(22)4-3-5-12(15)23)16-14(27(9)19)7-6-10(20)17(16)21/h3-7,13H,8H2,1-2H3. The van der Waals surface area contributed by atoms with Gasteiger partial charge in [-0.1, -0.05) is 17.7 Å². The van der Waals surface area contributed by atoms with E-state index in [0.29, 0.717) is 27.4 Å². The van der Waals surface area contributed by atoms with Crippen LogP contribution in [-0.4, -0.2) is 34.2 Å². The quantitative estimate of drug-likeness (QED) is 0.556. The van der Waals surface area contributed by atoms with E-state index >= 15 is 0 Å². The third kappa shape index (κ3) is 2.96. The van der Waals surface area contributed by atoms with E-state index in [1.54, 1.807) is 23.6 Å². The van der Waals surface area contributed by atoms with Gasteiger partial charge in [-0.15, -0.1) is 10.2 Å². The van der Waals surface area contributed by atoms with Gasteiger partial charge in [-0.05, 0) is 47.1 Å². The highest BCUT2D eigenvalue weighted by atomic mass is 79.9. The molecular formula is C19H14BrClF2N4O. The number of rotatable bonds is 3. The Morgan fingerprint density at radius 2 is 1.86 bits per heavy atom. The van der Waals surface area contributed by atoms with Crippen molar-refractivity contribution in [3.05, 3.63) is 74.2 Å². The van der Waals surface area contributed by atoms with Gasteiger partial charge in [0.25, 0.3) is 0 Å². The number of fused-ring (bicyclic) bond motifs is 3. The SMILES string of the molecule is COCC1N=C(c2c(F)cccc2F)c2c(ccc(Br)c2Cl)-n2c(C)nnc21. The van der Waals surface area contributed by atoms with Crippen molar-refractivity contribution in [1.82, 2.24) is 14.8 Å². The Labute approximate surface area is 173 Å². The molecule has 0 N–H and O–H groups in total. The molecule has 9 heteroatoms. The fraction of sp³-hybridized carbons (Fsp3) is 0.211. The molecule has 0 spiro atoms. The molecular weight excluding hydrogens is 454 g/mol. The highest BCUT2D eigenvalue weighted by molar-refractivity contribution is 9.10. The highest BCUT2D eigenvalue weighted by Gasteiger charge is 2.32. The zero-order valence-electron chi connectivity index (χ0n) is 14.9. The molecule has 4 rings (SSSR count). The number of aliphatic imine (C=N–C) groups is 1. The first-order valence-electron chi connectivity index (χ1n) is 8.35. The van der Waals surface area contributed by atoms with Gasteiger partial charge in [0, 0.05) is 17.1 Å². The van der Waals surface area contributed by atoms with Crippen molar-refractivity contribution in [3.63, 3.8) is 0 Å². The molecule has 2 aromatic carbocycles. The van der Waals surface area contributed by atoms with Crippen molar-refractivity contribution in [1.29, 1.82) is 0 Å². The number of benzene rings is 2. The van der Waals surface area contributed by atoms with Crippen molar-refractivity contribution in [2.45, 2.75) is 13.0 Å². The van der Waals surface area contributed by atoms with Crippen LogP contribution in [0.5, 0.6) is 0 Å². The first-order chi connectivity index (χ1) is 13.4. The number of nitrogens with zero attached hydrogens (tertiary/aromatic N) is 4. The smallest absolute Gasteiger partial charge is 0.164 e. The van der Waals surface area contributed by atoms with Gasteiger partial charge in [0.2, 0.25) is 0 Å². The Balaban J connectivity index is 2.13. The summed E-state index contributed by atoms with van der Waals surface area (Å²) >= 11 is 9.98.